The predicted molar refractivity (Wildman–Crippen MR) is 150 cm³/mol. The van der Waals surface area contributed by atoms with Gasteiger partial charge in [-0.1, -0.05) is 77.8 Å². The van der Waals surface area contributed by atoms with Crippen LogP contribution in [0.5, 0.6) is 0 Å². The fourth-order valence-corrected chi connectivity index (χ4v) is 4.37. The SMILES string of the molecule is O=C(NC(=NCCCc1cnc[nH]1)NCCC(c1ccccc1)c1ccc(Cl)c(Cl)c1)c1ccccc1. The zero-order chi connectivity index (χ0) is 25.9. The van der Waals surface area contributed by atoms with Gasteiger partial charge in [-0.3, -0.25) is 15.1 Å². The number of nitrogens with zero attached hydrogens (tertiary/aromatic N) is 2. The molecule has 8 heteroatoms. The molecule has 0 fully saturated rings. The number of halogens is 2. The van der Waals surface area contributed by atoms with Gasteiger partial charge in [0.05, 0.1) is 16.4 Å². The second-order valence-corrected chi connectivity index (χ2v) is 9.40. The van der Waals surface area contributed by atoms with E-state index in [1.165, 1.54) is 5.56 Å². The number of aromatic nitrogens is 2. The molecule has 0 radical (unpaired) electrons. The number of hydrogen-bond donors (Lipinski definition) is 3. The van der Waals surface area contributed by atoms with Crippen molar-refractivity contribution in [2.45, 2.75) is 25.2 Å². The summed E-state index contributed by atoms with van der Waals surface area (Å²) >= 11 is 12.5. The standard InChI is InChI=1S/C29H29Cl2N5O/c30-26-14-13-23(18-27(26)31)25(21-8-3-1-4-9-21)15-17-34-29(33-16-7-12-24-19-32-20-35-24)36-28(37)22-10-5-2-6-11-22/h1-6,8-11,13-14,18-20,25H,7,12,15-17H2,(H,32,35)(H2,33,34,36,37). The zero-order valence-corrected chi connectivity index (χ0v) is 21.8. The molecule has 0 bridgehead atoms. The minimum absolute atomic E-state index is 0.0925. The van der Waals surface area contributed by atoms with Crippen molar-refractivity contribution in [3.8, 4) is 0 Å². The van der Waals surface area contributed by atoms with Gasteiger partial charge in [0.25, 0.3) is 5.91 Å². The van der Waals surface area contributed by atoms with Gasteiger partial charge in [0.2, 0.25) is 0 Å². The molecular formula is C29H29Cl2N5O. The van der Waals surface area contributed by atoms with Crippen LogP contribution in [0.2, 0.25) is 10.0 Å². The molecule has 1 unspecified atom stereocenters. The minimum Gasteiger partial charge on any atom is -0.356 e. The molecule has 0 aliphatic rings. The number of rotatable bonds is 10. The molecule has 0 aliphatic carbocycles. The lowest BCUT2D eigenvalue weighted by Gasteiger charge is -2.20. The van der Waals surface area contributed by atoms with E-state index in [0.717, 1.165) is 30.5 Å². The van der Waals surface area contributed by atoms with Crippen molar-refractivity contribution in [1.29, 1.82) is 0 Å². The summed E-state index contributed by atoms with van der Waals surface area (Å²) in [5.41, 5.74) is 3.89. The highest BCUT2D eigenvalue weighted by Crippen LogP contribution is 2.32. The number of amides is 1. The molecule has 1 heterocycles. The summed E-state index contributed by atoms with van der Waals surface area (Å²) in [7, 11) is 0. The first-order valence-electron chi connectivity index (χ1n) is 12.2. The van der Waals surface area contributed by atoms with Crippen molar-refractivity contribution in [1.82, 2.24) is 20.6 Å². The molecule has 37 heavy (non-hydrogen) atoms. The van der Waals surface area contributed by atoms with E-state index in [1.54, 1.807) is 18.5 Å². The molecule has 1 amide bonds. The Labute approximate surface area is 227 Å². The summed E-state index contributed by atoms with van der Waals surface area (Å²) < 4.78 is 0. The number of benzene rings is 3. The van der Waals surface area contributed by atoms with Gasteiger partial charge < -0.3 is 10.3 Å². The van der Waals surface area contributed by atoms with Crippen LogP contribution in [-0.2, 0) is 6.42 Å². The van der Waals surface area contributed by atoms with Crippen molar-refractivity contribution in [2.75, 3.05) is 13.1 Å². The number of imidazole rings is 1. The van der Waals surface area contributed by atoms with Gasteiger partial charge >= 0.3 is 0 Å². The average molecular weight is 534 g/mol. The Balaban J connectivity index is 1.45. The fraction of sp³-hybridized carbons (Fsp3) is 0.207. The van der Waals surface area contributed by atoms with Crippen LogP contribution in [0, 0.1) is 0 Å². The van der Waals surface area contributed by atoms with Crippen LogP contribution in [0.25, 0.3) is 0 Å². The molecule has 3 aromatic carbocycles. The van der Waals surface area contributed by atoms with E-state index < -0.39 is 0 Å². The Morgan fingerprint density at radius 3 is 2.41 bits per heavy atom. The summed E-state index contributed by atoms with van der Waals surface area (Å²) in [5.74, 6) is 0.346. The number of aliphatic imine (C=N–C) groups is 1. The molecule has 6 nitrogen and oxygen atoms in total. The Kier molecular flexibility index (Phi) is 9.74. The Morgan fingerprint density at radius 2 is 1.70 bits per heavy atom. The van der Waals surface area contributed by atoms with Crippen LogP contribution in [0.3, 0.4) is 0 Å². The number of nitrogens with one attached hydrogen (secondary N) is 3. The van der Waals surface area contributed by atoms with E-state index in [4.69, 9.17) is 23.2 Å². The van der Waals surface area contributed by atoms with E-state index in [9.17, 15) is 4.79 Å². The number of carbonyl (C=O) groups excluding carboxylic acids is 1. The maximum absolute atomic E-state index is 12.8. The smallest absolute Gasteiger partial charge is 0.257 e. The van der Waals surface area contributed by atoms with E-state index in [-0.39, 0.29) is 11.8 Å². The van der Waals surface area contributed by atoms with Gasteiger partial charge in [-0.05, 0) is 54.7 Å². The minimum atomic E-state index is -0.204. The summed E-state index contributed by atoms with van der Waals surface area (Å²) in [6.45, 7) is 1.15. The van der Waals surface area contributed by atoms with Gasteiger partial charge in [-0.15, -0.1) is 0 Å². The first-order chi connectivity index (χ1) is 18.1. The van der Waals surface area contributed by atoms with Crippen LogP contribution < -0.4 is 10.6 Å². The highest BCUT2D eigenvalue weighted by atomic mass is 35.5. The lowest BCUT2D eigenvalue weighted by atomic mass is 9.88. The highest BCUT2D eigenvalue weighted by Gasteiger charge is 2.16. The Hall–Kier alpha value is -3.61. The molecule has 4 rings (SSSR count). The lowest BCUT2D eigenvalue weighted by molar-refractivity contribution is 0.0975. The number of aryl methyl sites for hydroxylation is 1. The largest absolute Gasteiger partial charge is 0.356 e. The molecule has 4 aromatic rings. The third-order valence-corrected chi connectivity index (χ3v) is 6.71. The molecule has 0 aliphatic heterocycles. The van der Waals surface area contributed by atoms with Crippen LogP contribution >= 0.6 is 23.2 Å². The molecule has 1 atom stereocenters. The predicted octanol–water partition coefficient (Wildman–Crippen LogP) is 6.25. The van der Waals surface area contributed by atoms with Gasteiger partial charge in [-0.2, -0.15) is 0 Å². The van der Waals surface area contributed by atoms with Crippen LogP contribution in [0.15, 0.2) is 96.4 Å². The van der Waals surface area contributed by atoms with Crippen molar-refractivity contribution >= 4 is 35.1 Å². The molecule has 1 aromatic heterocycles. The highest BCUT2D eigenvalue weighted by molar-refractivity contribution is 6.42. The topological polar surface area (TPSA) is 82.2 Å². The third-order valence-electron chi connectivity index (χ3n) is 5.97. The van der Waals surface area contributed by atoms with Gasteiger partial charge in [0, 0.05) is 36.5 Å². The molecular weight excluding hydrogens is 505 g/mol. The van der Waals surface area contributed by atoms with E-state index in [0.29, 0.717) is 34.7 Å². The molecule has 190 valence electrons. The van der Waals surface area contributed by atoms with Gasteiger partial charge in [0.15, 0.2) is 5.96 Å². The zero-order valence-electron chi connectivity index (χ0n) is 20.3. The number of hydrogen-bond acceptors (Lipinski definition) is 3. The number of aromatic amines is 1. The number of H-pyrrole nitrogens is 1. The molecule has 3 N–H and O–H groups in total. The first-order valence-corrected chi connectivity index (χ1v) is 13.0. The second-order valence-electron chi connectivity index (χ2n) is 8.58. The quantitative estimate of drug-likeness (QED) is 0.128. The first kappa shape index (κ1) is 26.5. The van der Waals surface area contributed by atoms with E-state index in [2.05, 4.69) is 37.7 Å². The maximum atomic E-state index is 12.8. The van der Waals surface area contributed by atoms with Crippen molar-refractivity contribution in [3.05, 3.63) is 124 Å². The maximum Gasteiger partial charge on any atom is 0.257 e. The van der Waals surface area contributed by atoms with Crippen LogP contribution in [0.1, 0.15) is 45.9 Å². The summed E-state index contributed by atoms with van der Waals surface area (Å²) in [4.78, 5) is 24.6. The lowest BCUT2D eigenvalue weighted by Crippen LogP contribution is -2.42. The number of carbonyl (C=O) groups is 1. The summed E-state index contributed by atoms with van der Waals surface area (Å²) in [5, 5.41) is 7.35. The van der Waals surface area contributed by atoms with Gasteiger partial charge in [-0.25, -0.2) is 4.98 Å². The van der Waals surface area contributed by atoms with E-state index in [1.807, 2.05) is 60.8 Å². The monoisotopic (exact) mass is 533 g/mol. The average Bonchev–Trinajstić information content (AvgIpc) is 3.45. The second kappa shape index (κ2) is 13.6. The normalized spacial score (nSPS) is 12.2. The fourth-order valence-electron chi connectivity index (χ4n) is 4.07. The van der Waals surface area contributed by atoms with Gasteiger partial charge in [0.1, 0.15) is 0 Å². The summed E-state index contributed by atoms with van der Waals surface area (Å²) in [6, 6.07) is 25.1. The molecule has 0 saturated carbocycles. The van der Waals surface area contributed by atoms with Crippen molar-refractivity contribution in [3.63, 3.8) is 0 Å². The molecule has 0 spiro atoms. The van der Waals surface area contributed by atoms with E-state index >= 15 is 0 Å². The number of guanidine groups is 1. The van der Waals surface area contributed by atoms with Crippen molar-refractivity contribution in [2.24, 2.45) is 4.99 Å². The Morgan fingerprint density at radius 1 is 0.946 bits per heavy atom. The Bertz CT molecular complexity index is 1290. The van der Waals surface area contributed by atoms with Crippen molar-refractivity contribution < 1.29 is 4.79 Å². The summed E-state index contributed by atoms with van der Waals surface area (Å²) in [6.07, 6.45) is 5.90. The van der Waals surface area contributed by atoms with Crippen LogP contribution in [-0.4, -0.2) is 34.9 Å². The third kappa shape index (κ3) is 7.94. The van der Waals surface area contributed by atoms with Crippen LogP contribution in [0.4, 0.5) is 0 Å². The molecule has 0 saturated heterocycles.